The highest BCUT2D eigenvalue weighted by Crippen LogP contribution is 2.43. The lowest BCUT2D eigenvalue weighted by molar-refractivity contribution is -0.137. The summed E-state index contributed by atoms with van der Waals surface area (Å²) in [6.07, 6.45) is -4.20. The fourth-order valence-corrected chi connectivity index (χ4v) is 4.50. The average molecular weight is 494 g/mol. The van der Waals surface area contributed by atoms with Crippen LogP contribution in [0.15, 0.2) is 54.6 Å². The van der Waals surface area contributed by atoms with Gasteiger partial charge in [0.25, 0.3) is 5.91 Å². The minimum Gasteiger partial charge on any atom is -0.493 e. The fourth-order valence-electron chi connectivity index (χ4n) is 4.25. The highest BCUT2D eigenvalue weighted by atomic mass is 35.5. The van der Waals surface area contributed by atoms with Gasteiger partial charge in [0.05, 0.1) is 36.4 Å². The van der Waals surface area contributed by atoms with Crippen molar-refractivity contribution in [2.75, 3.05) is 20.8 Å². The van der Waals surface area contributed by atoms with Crippen LogP contribution in [0.2, 0.25) is 5.02 Å². The summed E-state index contributed by atoms with van der Waals surface area (Å²) in [6, 6.07) is 11.1. The number of carbonyl (C=O) groups excluding carboxylic acids is 1. The van der Waals surface area contributed by atoms with E-state index < -0.39 is 29.5 Å². The molecule has 1 heterocycles. The van der Waals surface area contributed by atoms with Gasteiger partial charge < -0.3 is 14.4 Å². The van der Waals surface area contributed by atoms with Gasteiger partial charge in [-0.05, 0) is 59.5 Å². The van der Waals surface area contributed by atoms with Gasteiger partial charge in [-0.1, -0.05) is 29.8 Å². The summed E-state index contributed by atoms with van der Waals surface area (Å²) in [5, 5.41) is -0.0779. The minimum absolute atomic E-state index is 0.0779. The van der Waals surface area contributed by atoms with Crippen LogP contribution < -0.4 is 9.47 Å². The Hall–Kier alpha value is -3.26. The smallest absolute Gasteiger partial charge is 0.416 e. The molecule has 1 atom stereocenters. The van der Waals surface area contributed by atoms with Crippen molar-refractivity contribution < 1.29 is 31.8 Å². The fraction of sp³-hybridized carbons (Fsp3) is 0.240. The average Bonchev–Trinajstić information content (AvgIpc) is 2.81. The van der Waals surface area contributed by atoms with E-state index >= 15 is 0 Å². The molecule has 1 aliphatic rings. The molecule has 4 rings (SSSR count). The zero-order chi connectivity index (χ0) is 24.6. The molecule has 0 fully saturated rings. The molecule has 3 aromatic rings. The molecule has 0 saturated carbocycles. The molecule has 0 aliphatic carbocycles. The second-order valence-electron chi connectivity index (χ2n) is 7.78. The first-order valence-electron chi connectivity index (χ1n) is 10.3. The molecular weight excluding hydrogens is 474 g/mol. The number of alkyl halides is 3. The zero-order valence-electron chi connectivity index (χ0n) is 18.2. The van der Waals surface area contributed by atoms with Crippen molar-refractivity contribution in [3.05, 3.63) is 93.3 Å². The summed E-state index contributed by atoms with van der Waals surface area (Å²) >= 11 is 6.14. The van der Waals surface area contributed by atoms with Crippen LogP contribution in [0.1, 0.15) is 38.7 Å². The number of carbonyl (C=O) groups is 1. The highest BCUT2D eigenvalue weighted by molar-refractivity contribution is 6.33. The van der Waals surface area contributed by atoms with Crippen molar-refractivity contribution in [2.45, 2.75) is 18.6 Å². The zero-order valence-corrected chi connectivity index (χ0v) is 19.0. The number of ether oxygens (including phenoxy) is 2. The lowest BCUT2D eigenvalue weighted by Crippen LogP contribution is -2.41. The number of benzene rings is 3. The molecule has 0 spiro atoms. The molecule has 0 bridgehead atoms. The molecule has 34 heavy (non-hydrogen) atoms. The van der Waals surface area contributed by atoms with Gasteiger partial charge in [-0.2, -0.15) is 13.2 Å². The summed E-state index contributed by atoms with van der Waals surface area (Å²) in [5.41, 5.74) is 0.385. The Morgan fingerprint density at radius 1 is 1.03 bits per heavy atom. The molecule has 0 radical (unpaired) electrons. The van der Waals surface area contributed by atoms with E-state index in [1.807, 2.05) is 0 Å². The number of fused-ring (bicyclic) bond motifs is 1. The van der Waals surface area contributed by atoms with Crippen LogP contribution >= 0.6 is 11.6 Å². The van der Waals surface area contributed by atoms with Gasteiger partial charge in [0.2, 0.25) is 0 Å². The summed E-state index contributed by atoms with van der Waals surface area (Å²) in [5.74, 6) is -0.707. The molecule has 0 N–H and O–H groups in total. The van der Waals surface area contributed by atoms with Crippen molar-refractivity contribution in [3.8, 4) is 11.5 Å². The number of hydrogen-bond acceptors (Lipinski definition) is 3. The van der Waals surface area contributed by atoms with E-state index in [4.69, 9.17) is 21.1 Å². The second-order valence-corrected chi connectivity index (χ2v) is 8.18. The van der Waals surface area contributed by atoms with Crippen molar-refractivity contribution in [1.82, 2.24) is 4.90 Å². The molecular formula is C25H20ClF4NO3. The first-order valence-corrected chi connectivity index (χ1v) is 10.7. The van der Waals surface area contributed by atoms with Crippen LogP contribution in [0, 0.1) is 5.82 Å². The van der Waals surface area contributed by atoms with Crippen molar-refractivity contribution in [1.29, 1.82) is 0 Å². The van der Waals surface area contributed by atoms with Gasteiger partial charge in [0, 0.05) is 6.54 Å². The van der Waals surface area contributed by atoms with Crippen molar-refractivity contribution in [2.24, 2.45) is 0 Å². The lowest BCUT2D eigenvalue weighted by Gasteiger charge is -2.38. The Bertz CT molecular complexity index is 1230. The molecule has 1 amide bonds. The SMILES string of the molecule is COc1cc2c(cc1OC)[C@@H](c1cccc(C(F)(F)F)c1)N(C(=O)c1c(F)cccc1Cl)CC2. The van der Waals surface area contributed by atoms with E-state index in [1.165, 1.54) is 43.4 Å². The van der Waals surface area contributed by atoms with Crippen LogP contribution in [0.5, 0.6) is 11.5 Å². The van der Waals surface area contributed by atoms with Gasteiger partial charge in [-0.15, -0.1) is 0 Å². The topological polar surface area (TPSA) is 38.8 Å². The Labute approximate surface area is 198 Å². The number of methoxy groups -OCH3 is 2. The lowest BCUT2D eigenvalue weighted by atomic mass is 9.86. The van der Waals surface area contributed by atoms with Gasteiger partial charge in [-0.3, -0.25) is 4.79 Å². The third kappa shape index (κ3) is 4.30. The van der Waals surface area contributed by atoms with Gasteiger partial charge in [0.15, 0.2) is 11.5 Å². The molecule has 178 valence electrons. The Morgan fingerprint density at radius 2 is 1.71 bits per heavy atom. The monoisotopic (exact) mass is 493 g/mol. The predicted molar refractivity (Wildman–Crippen MR) is 119 cm³/mol. The largest absolute Gasteiger partial charge is 0.493 e. The Kier molecular flexibility index (Phi) is 6.45. The molecule has 0 unspecified atom stereocenters. The number of rotatable bonds is 4. The van der Waals surface area contributed by atoms with Gasteiger partial charge in [0.1, 0.15) is 5.82 Å². The van der Waals surface area contributed by atoms with E-state index in [0.29, 0.717) is 23.5 Å². The summed E-state index contributed by atoms with van der Waals surface area (Å²) < 4.78 is 65.8. The van der Waals surface area contributed by atoms with Gasteiger partial charge in [-0.25, -0.2) is 4.39 Å². The van der Waals surface area contributed by atoms with Crippen LogP contribution in [0.25, 0.3) is 0 Å². The Morgan fingerprint density at radius 3 is 2.35 bits per heavy atom. The van der Waals surface area contributed by atoms with E-state index in [0.717, 1.165) is 23.8 Å². The molecule has 9 heteroatoms. The summed E-state index contributed by atoms with van der Waals surface area (Å²) in [7, 11) is 2.92. The molecule has 0 saturated heterocycles. The Balaban J connectivity index is 1.92. The standard InChI is InChI=1S/C25H20ClF4NO3/c1-33-20-12-14-9-10-31(24(32)22-18(26)7-4-8-19(22)27)23(17(14)13-21(20)34-2)15-5-3-6-16(11-15)25(28,29)30/h3-8,11-13,23H,9-10H2,1-2H3/t23-/m1/s1. The third-order valence-corrected chi connectivity index (χ3v) is 6.16. The van der Waals surface area contributed by atoms with E-state index in [1.54, 1.807) is 12.1 Å². The number of halogens is 5. The van der Waals surface area contributed by atoms with Crippen molar-refractivity contribution >= 4 is 17.5 Å². The van der Waals surface area contributed by atoms with Crippen LogP contribution in [-0.2, 0) is 12.6 Å². The number of hydrogen-bond donors (Lipinski definition) is 0. The molecule has 1 aliphatic heterocycles. The maximum Gasteiger partial charge on any atom is 0.416 e. The first-order chi connectivity index (χ1) is 16.2. The number of nitrogens with zero attached hydrogens (tertiary/aromatic N) is 1. The van der Waals surface area contributed by atoms with E-state index in [9.17, 15) is 22.4 Å². The van der Waals surface area contributed by atoms with Gasteiger partial charge >= 0.3 is 6.18 Å². The first kappa shape index (κ1) is 23.9. The predicted octanol–water partition coefficient (Wildman–Crippen LogP) is 6.30. The third-order valence-electron chi connectivity index (χ3n) is 5.84. The number of amides is 1. The van der Waals surface area contributed by atoms with Crippen LogP contribution in [-0.4, -0.2) is 31.6 Å². The highest BCUT2D eigenvalue weighted by Gasteiger charge is 2.37. The molecule has 4 nitrogen and oxygen atoms in total. The quantitative estimate of drug-likeness (QED) is 0.400. The van der Waals surface area contributed by atoms with Crippen LogP contribution in [0.4, 0.5) is 17.6 Å². The maximum absolute atomic E-state index is 14.6. The van der Waals surface area contributed by atoms with E-state index in [-0.39, 0.29) is 22.7 Å². The molecule has 3 aromatic carbocycles. The maximum atomic E-state index is 14.6. The normalized spacial score (nSPS) is 15.6. The van der Waals surface area contributed by atoms with Crippen LogP contribution in [0.3, 0.4) is 0 Å². The van der Waals surface area contributed by atoms with E-state index in [2.05, 4.69) is 0 Å². The minimum atomic E-state index is -4.57. The molecule has 0 aromatic heterocycles. The second kappa shape index (κ2) is 9.18. The summed E-state index contributed by atoms with van der Waals surface area (Å²) in [6.45, 7) is 0.132. The van der Waals surface area contributed by atoms with Crippen molar-refractivity contribution in [3.63, 3.8) is 0 Å². The summed E-state index contributed by atoms with van der Waals surface area (Å²) in [4.78, 5) is 14.9.